The lowest BCUT2D eigenvalue weighted by molar-refractivity contribution is 0.483. The van der Waals surface area contributed by atoms with Gasteiger partial charge in [0.15, 0.2) is 0 Å². The van der Waals surface area contributed by atoms with Gasteiger partial charge >= 0.3 is 0 Å². The highest BCUT2D eigenvalue weighted by atomic mass is 35.5. The Kier molecular flexibility index (Phi) is 3.03. The number of hydrogen-bond acceptors (Lipinski definition) is 2. The second-order valence-electron chi connectivity index (χ2n) is 6.10. The van der Waals surface area contributed by atoms with Crippen LogP contribution in [-0.4, -0.2) is 5.11 Å². The molecule has 0 spiro atoms. The van der Waals surface area contributed by atoms with E-state index in [1.54, 1.807) is 0 Å². The van der Waals surface area contributed by atoms with E-state index >= 15 is 0 Å². The quantitative estimate of drug-likeness (QED) is 0.364. The second kappa shape index (κ2) is 5.27. The molecule has 1 aromatic heterocycles. The fraction of sp³-hybridized carbons (Fsp3) is 0. The number of benzene rings is 4. The first-order valence-corrected chi connectivity index (χ1v) is 8.42. The molecule has 0 atom stereocenters. The maximum absolute atomic E-state index is 10.9. The molecule has 0 amide bonds. The highest BCUT2D eigenvalue weighted by Crippen LogP contribution is 2.42. The maximum Gasteiger partial charge on any atom is 0.136 e. The van der Waals surface area contributed by atoms with Gasteiger partial charge in [0, 0.05) is 32.8 Å². The summed E-state index contributed by atoms with van der Waals surface area (Å²) in [4.78, 5) is 0. The van der Waals surface area contributed by atoms with Crippen molar-refractivity contribution >= 4 is 44.3 Å². The minimum atomic E-state index is 0.286. The van der Waals surface area contributed by atoms with Crippen LogP contribution in [0.3, 0.4) is 0 Å². The summed E-state index contributed by atoms with van der Waals surface area (Å²) < 4.78 is 5.96. The van der Waals surface area contributed by atoms with Gasteiger partial charge in [0.1, 0.15) is 16.9 Å². The SMILES string of the molecule is Oc1c(-c2cccc3oc4cc(Cl)ccc4c23)ccc2ccccc12. The van der Waals surface area contributed by atoms with Gasteiger partial charge in [0.2, 0.25) is 0 Å². The normalized spacial score (nSPS) is 11.6. The third kappa shape index (κ3) is 2.11. The molecular weight excluding hydrogens is 332 g/mol. The first-order chi connectivity index (χ1) is 12.2. The Labute approximate surface area is 148 Å². The van der Waals surface area contributed by atoms with E-state index < -0.39 is 0 Å². The molecule has 1 heterocycles. The van der Waals surface area contributed by atoms with Crippen LogP contribution in [0.25, 0.3) is 43.8 Å². The van der Waals surface area contributed by atoms with Gasteiger partial charge in [-0.1, -0.05) is 54.1 Å². The van der Waals surface area contributed by atoms with Crippen molar-refractivity contribution in [1.29, 1.82) is 0 Å². The van der Waals surface area contributed by atoms with Crippen LogP contribution in [-0.2, 0) is 0 Å². The molecule has 0 unspecified atom stereocenters. The monoisotopic (exact) mass is 344 g/mol. The van der Waals surface area contributed by atoms with Gasteiger partial charge in [-0.05, 0) is 35.2 Å². The Bertz CT molecular complexity index is 1270. The standard InChI is InChI=1S/C22H13ClO2/c23-14-9-11-18-20(12-14)25-19-7-3-6-16(21(18)19)17-10-8-13-4-1-2-5-15(13)22(17)24/h1-12,24H. The average molecular weight is 345 g/mol. The van der Waals surface area contributed by atoms with Gasteiger partial charge in [-0.3, -0.25) is 0 Å². The molecule has 3 heteroatoms. The van der Waals surface area contributed by atoms with Crippen molar-refractivity contribution in [3.8, 4) is 16.9 Å². The van der Waals surface area contributed by atoms with E-state index in [1.165, 1.54) is 0 Å². The van der Waals surface area contributed by atoms with E-state index in [0.717, 1.165) is 43.8 Å². The molecule has 120 valence electrons. The molecule has 0 aliphatic heterocycles. The van der Waals surface area contributed by atoms with E-state index in [1.807, 2.05) is 72.8 Å². The molecule has 5 rings (SSSR count). The average Bonchev–Trinajstić information content (AvgIpc) is 3.00. The van der Waals surface area contributed by atoms with Crippen LogP contribution in [0.2, 0.25) is 5.02 Å². The number of fused-ring (bicyclic) bond motifs is 4. The maximum atomic E-state index is 10.9. The molecular formula is C22H13ClO2. The largest absolute Gasteiger partial charge is 0.507 e. The molecule has 0 radical (unpaired) electrons. The summed E-state index contributed by atoms with van der Waals surface area (Å²) in [6, 6.07) is 23.3. The molecule has 4 aromatic carbocycles. The van der Waals surface area contributed by atoms with Crippen LogP contribution < -0.4 is 0 Å². The molecule has 0 fully saturated rings. The van der Waals surface area contributed by atoms with E-state index in [0.29, 0.717) is 5.02 Å². The number of furan rings is 1. The third-order valence-corrected chi connectivity index (χ3v) is 4.88. The molecule has 5 aromatic rings. The summed E-state index contributed by atoms with van der Waals surface area (Å²) >= 11 is 6.09. The first kappa shape index (κ1) is 14.4. The minimum absolute atomic E-state index is 0.286. The lowest BCUT2D eigenvalue weighted by Gasteiger charge is -2.09. The van der Waals surface area contributed by atoms with Crippen LogP contribution in [0, 0.1) is 0 Å². The Morgan fingerprint density at radius 3 is 2.52 bits per heavy atom. The predicted octanol–water partition coefficient (Wildman–Crippen LogP) is 6.77. The fourth-order valence-electron chi connectivity index (χ4n) is 3.50. The molecule has 0 saturated carbocycles. The summed E-state index contributed by atoms with van der Waals surface area (Å²) in [5, 5.41) is 15.3. The van der Waals surface area contributed by atoms with Crippen LogP contribution >= 0.6 is 11.6 Å². The summed E-state index contributed by atoms with van der Waals surface area (Å²) in [6.45, 7) is 0. The zero-order valence-electron chi connectivity index (χ0n) is 13.2. The Morgan fingerprint density at radius 1 is 0.720 bits per heavy atom. The van der Waals surface area contributed by atoms with E-state index in [-0.39, 0.29) is 5.75 Å². The van der Waals surface area contributed by atoms with Gasteiger partial charge in [0.25, 0.3) is 0 Å². The van der Waals surface area contributed by atoms with Crippen molar-refractivity contribution < 1.29 is 9.52 Å². The molecule has 2 nitrogen and oxygen atoms in total. The van der Waals surface area contributed by atoms with Crippen molar-refractivity contribution in [1.82, 2.24) is 0 Å². The number of halogens is 1. The smallest absolute Gasteiger partial charge is 0.136 e. The van der Waals surface area contributed by atoms with E-state index in [9.17, 15) is 5.11 Å². The van der Waals surface area contributed by atoms with Crippen LogP contribution in [0.15, 0.2) is 77.2 Å². The minimum Gasteiger partial charge on any atom is -0.507 e. The van der Waals surface area contributed by atoms with Crippen LogP contribution in [0.1, 0.15) is 0 Å². The van der Waals surface area contributed by atoms with Crippen molar-refractivity contribution in [2.45, 2.75) is 0 Å². The summed E-state index contributed by atoms with van der Waals surface area (Å²) in [5.74, 6) is 0.286. The fourth-order valence-corrected chi connectivity index (χ4v) is 3.66. The zero-order valence-corrected chi connectivity index (χ0v) is 13.9. The van der Waals surface area contributed by atoms with Gasteiger partial charge in [-0.25, -0.2) is 0 Å². The molecule has 0 aliphatic carbocycles. The Balaban J connectivity index is 1.90. The second-order valence-corrected chi connectivity index (χ2v) is 6.54. The van der Waals surface area contributed by atoms with E-state index in [2.05, 4.69) is 0 Å². The molecule has 25 heavy (non-hydrogen) atoms. The summed E-state index contributed by atoms with van der Waals surface area (Å²) in [6.07, 6.45) is 0. The Hall–Kier alpha value is -2.97. The number of phenols is 1. The molecule has 0 aliphatic rings. The number of aromatic hydroxyl groups is 1. The summed E-state index contributed by atoms with van der Waals surface area (Å²) in [7, 11) is 0. The van der Waals surface area contributed by atoms with Gasteiger partial charge in [-0.15, -0.1) is 0 Å². The van der Waals surface area contributed by atoms with E-state index in [4.69, 9.17) is 16.0 Å². The van der Waals surface area contributed by atoms with Crippen molar-refractivity contribution in [3.63, 3.8) is 0 Å². The topological polar surface area (TPSA) is 33.4 Å². The molecule has 0 bridgehead atoms. The predicted molar refractivity (Wildman–Crippen MR) is 103 cm³/mol. The highest BCUT2D eigenvalue weighted by molar-refractivity contribution is 6.31. The molecule has 1 N–H and O–H groups in total. The van der Waals surface area contributed by atoms with Crippen molar-refractivity contribution in [3.05, 3.63) is 77.8 Å². The lowest BCUT2D eigenvalue weighted by Crippen LogP contribution is -1.83. The summed E-state index contributed by atoms with van der Waals surface area (Å²) in [5.41, 5.74) is 3.27. The number of hydrogen-bond donors (Lipinski definition) is 1. The van der Waals surface area contributed by atoms with Crippen molar-refractivity contribution in [2.24, 2.45) is 0 Å². The highest BCUT2D eigenvalue weighted by Gasteiger charge is 2.16. The van der Waals surface area contributed by atoms with Crippen molar-refractivity contribution in [2.75, 3.05) is 0 Å². The molecule has 0 saturated heterocycles. The van der Waals surface area contributed by atoms with Gasteiger partial charge in [-0.2, -0.15) is 0 Å². The number of phenolic OH excluding ortho intramolecular Hbond substituents is 1. The zero-order chi connectivity index (χ0) is 17.0. The third-order valence-electron chi connectivity index (χ3n) is 4.65. The number of rotatable bonds is 1. The van der Waals surface area contributed by atoms with Crippen LogP contribution in [0.5, 0.6) is 5.75 Å². The first-order valence-electron chi connectivity index (χ1n) is 8.04. The Morgan fingerprint density at radius 2 is 1.60 bits per heavy atom. The lowest BCUT2D eigenvalue weighted by atomic mass is 9.96. The van der Waals surface area contributed by atoms with Gasteiger partial charge in [0.05, 0.1) is 0 Å². The van der Waals surface area contributed by atoms with Gasteiger partial charge < -0.3 is 9.52 Å². The van der Waals surface area contributed by atoms with Crippen LogP contribution in [0.4, 0.5) is 0 Å².